The molecule has 1 saturated heterocycles. The Labute approximate surface area is 115 Å². The van der Waals surface area contributed by atoms with Crippen molar-refractivity contribution in [2.24, 2.45) is 0 Å². The zero-order valence-electron chi connectivity index (χ0n) is 10.5. The third kappa shape index (κ3) is 3.81. The number of anilines is 1. The lowest BCUT2D eigenvalue weighted by Crippen LogP contribution is -2.22. The molecule has 1 aromatic rings. The lowest BCUT2D eigenvalue weighted by atomic mass is 10.1. The number of hydrogen-bond donors (Lipinski definition) is 1. The van der Waals surface area contributed by atoms with Crippen molar-refractivity contribution in [3.05, 3.63) is 10.7 Å². The summed E-state index contributed by atoms with van der Waals surface area (Å²) >= 11 is 3.32. The Morgan fingerprint density at radius 1 is 1.56 bits per heavy atom. The van der Waals surface area contributed by atoms with Crippen molar-refractivity contribution < 1.29 is 9.47 Å². The number of halogens is 1. The summed E-state index contributed by atoms with van der Waals surface area (Å²) in [5, 5.41) is 3.19. The highest BCUT2D eigenvalue weighted by Gasteiger charge is 2.13. The number of nitrogens with zero attached hydrogens (tertiary/aromatic N) is 2. The Kier molecular flexibility index (Phi) is 5.19. The Bertz CT molecular complexity index is 384. The van der Waals surface area contributed by atoms with Gasteiger partial charge in [0.15, 0.2) is 0 Å². The molecule has 0 saturated carbocycles. The van der Waals surface area contributed by atoms with Gasteiger partial charge in [-0.1, -0.05) is 0 Å². The molecular formula is C12H18BrN3O2. The maximum atomic E-state index is 5.67. The first-order chi connectivity index (χ1) is 8.79. The predicted molar refractivity (Wildman–Crippen MR) is 73.0 cm³/mol. The Hall–Kier alpha value is -0.880. The molecule has 0 spiro atoms. The normalized spacial score (nSPS) is 19.6. The van der Waals surface area contributed by atoms with Crippen LogP contribution in [0.4, 0.5) is 5.95 Å². The first kappa shape index (κ1) is 13.5. The zero-order valence-corrected chi connectivity index (χ0v) is 12.1. The maximum Gasteiger partial charge on any atom is 0.232 e. The molecule has 2 heterocycles. The van der Waals surface area contributed by atoms with Crippen LogP contribution in [0.3, 0.4) is 0 Å². The van der Waals surface area contributed by atoms with Crippen molar-refractivity contribution in [3.8, 4) is 5.88 Å². The monoisotopic (exact) mass is 315 g/mol. The lowest BCUT2D eigenvalue weighted by Gasteiger charge is -2.22. The molecule has 0 amide bonds. The van der Waals surface area contributed by atoms with Crippen molar-refractivity contribution in [1.82, 2.24) is 9.97 Å². The SMILES string of the molecule is COc1nc(NCCC2CCCCO2)ncc1Br. The van der Waals surface area contributed by atoms with E-state index in [9.17, 15) is 0 Å². The van der Waals surface area contributed by atoms with E-state index in [-0.39, 0.29) is 0 Å². The van der Waals surface area contributed by atoms with Crippen LogP contribution in [0.5, 0.6) is 5.88 Å². The summed E-state index contributed by atoms with van der Waals surface area (Å²) in [6.07, 6.45) is 6.67. The molecule has 18 heavy (non-hydrogen) atoms. The quantitative estimate of drug-likeness (QED) is 0.905. The van der Waals surface area contributed by atoms with Crippen LogP contribution in [0.15, 0.2) is 10.7 Å². The Morgan fingerprint density at radius 3 is 3.17 bits per heavy atom. The van der Waals surface area contributed by atoms with Gasteiger partial charge in [-0.15, -0.1) is 0 Å². The first-order valence-corrected chi connectivity index (χ1v) is 7.01. The van der Waals surface area contributed by atoms with Crippen LogP contribution < -0.4 is 10.1 Å². The molecule has 5 nitrogen and oxygen atoms in total. The molecule has 1 unspecified atom stereocenters. The second-order valence-electron chi connectivity index (χ2n) is 4.25. The molecule has 1 aliphatic rings. The van der Waals surface area contributed by atoms with Crippen LogP contribution in [-0.2, 0) is 4.74 Å². The molecule has 0 radical (unpaired) electrons. The highest BCUT2D eigenvalue weighted by molar-refractivity contribution is 9.10. The number of nitrogens with one attached hydrogen (secondary N) is 1. The summed E-state index contributed by atoms with van der Waals surface area (Å²) in [6, 6.07) is 0. The number of hydrogen-bond acceptors (Lipinski definition) is 5. The molecule has 0 bridgehead atoms. The van der Waals surface area contributed by atoms with Gasteiger partial charge in [-0.3, -0.25) is 0 Å². The van der Waals surface area contributed by atoms with Crippen LogP contribution in [0.1, 0.15) is 25.7 Å². The summed E-state index contributed by atoms with van der Waals surface area (Å²) in [7, 11) is 1.59. The summed E-state index contributed by atoms with van der Waals surface area (Å²) in [6.45, 7) is 1.71. The topological polar surface area (TPSA) is 56.3 Å². The number of ether oxygens (including phenoxy) is 2. The van der Waals surface area contributed by atoms with Crippen molar-refractivity contribution in [1.29, 1.82) is 0 Å². The molecule has 0 aliphatic carbocycles. The molecule has 2 rings (SSSR count). The van der Waals surface area contributed by atoms with Gasteiger partial charge >= 0.3 is 0 Å². The summed E-state index contributed by atoms with van der Waals surface area (Å²) in [5.74, 6) is 1.13. The van der Waals surface area contributed by atoms with Crippen molar-refractivity contribution in [2.45, 2.75) is 31.8 Å². The van der Waals surface area contributed by atoms with Gasteiger partial charge in [0.1, 0.15) is 0 Å². The van der Waals surface area contributed by atoms with Crippen LogP contribution in [-0.4, -0.2) is 36.3 Å². The van der Waals surface area contributed by atoms with E-state index in [0.717, 1.165) is 30.5 Å². The fourth-order valence-electron chi connectivity index (χ4n) is 1.96. The van der Waals surface area contributed by atoms with Gasteiger partial charge in [-0.25, -0.2) is 4.98 Å². The molecule has 0 aromatic carbocycles. The fraction of sp³-hybridized carbons (Fsp3) is 0.667. The van der Waals surface area contributed by atoms with Crippen molar-refractivity contribution in [2.75, 3.05) is 25.6 Å². The first-order valence-electron chi connectivity index (χ1n) is 6.21. The maximum absolute atomic E-state index is 5.67. The van der Waals surface area contributed by atoms with Gasteiger partial charge in [0, 0.05) is 13.2 Å². The van der Waals surface area contributed by atoms with Gasteiger partial charge in [-0.05, 0) is 41.6 Å². The smallest absolute Gasteiger partial charge is 0.232 e. The number of rotatable bonds is 5. The van der Waals surface area contributed by atoms with E-state index in [0.29, 0.717) is 17.9 Å². The van der Waals surface area contributed by atoms with E-state index in [1.165, 1.54) is 12.8 Å². The molecule has 1 fully saturated rings. The summed E-state index contributed by atoms with van der Waals surface area (Å²) in [5.41, 5.74) is 0. The fourth-order valence-corrected chi connectivity index (χ4v) is 2.31. The van der Waals surface area contributed by atoms with E-state index in [1.54, 1.807) is 13.3 Å². The Morgan fingerprint density at radius 2 is 2.44 bits per heavy atom. The molecule has 1 N–H and O–H groups in total. The van der Waals surface area contributed by atoms with Gasteiger partial charge in [0.05, 0.1) is 23.9 Å². The highest BCUT2D eigenvalue weighted by Crippen LogP contribution is 2.22. The zero-order chi connectivity index (χ0) is 12.8. The lowest BCUT2D eigenvalue weighted by molar-refractivity contribution is 0.0134. The minimum absolute atomic E-state index is 0.378. The van der Waals surface area contributed by atoms with Gasteiger partial charge in [-0.2, -0.15) is 4.98 Å². The highest BCUT2D eigenvalue weighted by atomic mass is 79.9. The minimum Gasteiger partial charge on any atom is -0.480 e. The van der Waals surface area contributed by atoms with E-state index in [4.69, 9.17) is 9.47 Å². The van der Waals surface area contributed by atoms with E-state index >= 15 is 0 Å². The second-order valence-corrected chi connectivity index (χ2v) is 5.11. The van der Waals surface area contributed by atoms with Crippen molar-refractivity contribution >= 4 is 21.9 Å². The predicted octanol–water partition coefficient (Wildman–Crippen LogP) is 2.62. The molecule has 100 valence electrons. The molecule has 6 heteroatoms. The summed E-state index contributed by atoms with van der Waals surface area (Å²) in [4.78, 5) is 8.42. The molecule has 1 aromatic heterocycles. The molecule has 1 atom stereocenters. The van der Waals surface area contributed by atoms with E-state index < -0.39 is 0 Å². The molecular weight excluding hydrogens is 298 g/mol. The third-order valence-electron chi connectivity index (χ3n) is 2.93. The van der Waals surface area contributed by atoms with Crippen LogP contribution >= 0.6 is 15.9 Å². The number of methoxy groups -OCH3 is 1. The van der Waals surface area contributed by atoms with Gasteiger partial charge in [0.25, 0.3) is 0 Å². The third-order valence-corrected chi connectivity index (χ3v) is 3.47. The Balaban J connectivity index is 1.79. The summed E-state index contributed by atoms with van der Waals surface area (Å²) < 4.78 is 11.5. The molecule has 1 aliphatic heterocycles. The van der Waals surface area contributed by atoms with E-state index in [2.05, 4.69) is 31.2 Å². The average molecular weight is 316 g/mol. The number of aromatic nitrogens is 2. The average Bonchev–Trinajstić information content (AvgIpc) is 2.42. The second kappa shape index (κ2) is 6.89. The van der Waals surface area contributed by atoms with Crippen LogP contribution in [0.25, 0.3) is 0 Å². The van der Waals surface area contributed by atoms with E-state index in [1.807, 2.05) is 0 Å². The van der Waals surface area contributed by atoms with Gasteiger partial charge in [0.2, 0.25) is 11.8 Å². The van der Waals surface area contributed by atoms with Crippen LogP contribution in [0, 0.1) is 0 Å². The van der Waals surface area contributed by atoms with Gasteiger partial charge < -0.3 is 14.8 Å². The largest absolute Gasteiger partial charge is 0.480 e. The van der Waals surface area contributed by atoms with Crippen molar-refractivity contribution in [3.63, 3.8) is 0 Å². The van der Waals surface area contributed by atoms with Crippen LogP contribution in [0.2, 0.25) is 0 Å². The minimum atomic E-state index is 0.378. The standard InChI is InChI=1S/C12H18BrN3O2/c1-17-11-10(13)8-15-12(16-11)14-6-5-9-4-2-3-7-18-9/h8-9H,2-7H2,1H3,(H,14,15,16).